The first-order valence-electron chi connectivity index (χ1n) is 4.10. The number of hydrogen-bond acceptors (Lipinski definition) is 2. The molecule has 0 radical (unpaired) electrons. The van der Waals surface area contributed by atoms with E-state index in [2.05, 4.69) is 36.6 Å². The van der Waals surface area contributed by atoms with E-state index >= 15 is 0 Å². The quantitative estimate of drug-likeness (QED) is 0.632. The maximum atomic E-state index is 11.1. The van der Waals surface area contributed by atoms with Crippen LogP contribution in [0.1, 0.15) is 5.56 Å². The number of ether oxygens (including phenoxy) is 1. The van der Waals surface area contributed by atoms with Crippen molar-refractivity contribution >= 4 is 37.8 Å². The molecule has 0 aliphatic heterocycles. The van der Waals surface area contributed by atoms with Gasteiger partial charge < -0.3 is 4.74 Å². The van der Waals surface area contributed by atoms with Crippen LogP contribution in [0.2, 0.25) is 0 Å². The zero-order valence-corrected chi connectivity index (χ0v) is 10.8. The average molecular weight is 322 g/mol. The average Bonchev–Trinajstić information content (AvgIpc) is 2.20. The predicted molar refractivity (Wildman–Crippen MR) is 62.6 cm³/mol. The number of carbonyl (C=O) groups is 1. The van der Waals surface area contributed by atoms with Crippen molar-refractivity contribution in [2.24, 2.45) is 0 Å². The first-order valence-corrected chi connectivity index (χ1v) is 5.80. The minimum atomic E-state index is -0.270. The molecule has 1 atom stereocenters. The largest absolute Gasteiger partial charge is 0.468 e. The van der Waals surface area contributed by atoms with Crippen LogP contribution in [0, 0.1) is 0 Å². The van der Waals surface area contributed by atoms with Gasteiger partial charge in [-0.15, -0.1) is 0 Å². The molecular weight excluding hydrogens is 312 g/mol. The number of carbonyl (C=O) groups excluding carboxylic acids is 1. The lowest BCUT2D eigenvalue weighted by Gasteiger charge is -2.07. The van der Waals surface area contributed by atoms with Gasteiger partial charge >= 0.3 is 5.97 Å². The second kappa shape index (κ2) is 5.51. The standard InChI is InChI=1S/C10H10Br2O2/c1-14-10(13)9(12)6-7-2-4-8(11)5-3-7/h2-5,9H,6H2,1H3/t9-/m0/s1. The minimum absolute atomic E-state index is 0.243. The summed E-state index contributed by atoms with van der Waals surface area (Å²) in [6, 6.07) is 7.85. The van der Waals surface area contributed by atoms with Gasteiger partial charge in [0.1, 0.15) is 4.83 Å². The summed E-state index contributed by atoms with van der Waals surface area (Å²) in [6.45, 7) is 0. The van der Waals surface area contributed by atoms with Gasteiger partial charge in [-0.2, -0.15) is 0 Å². The Labute approximate surface area is 99.9 Å². The molecule has 0 unspecified atom stereocenters. The molecule has 2 nitrogen and oxygen atoms in total. The molecule has 0 saturated heterocycles. The smallest absolute Gasteiger partial charge is 0.319 e. The predicted octanol–water partition coefficient (Wildman–Crippen LogP) is 2.93. The SMILES string of the molecule is COC(=O)[C@@H](Br)Cc1ccc(Br)cc1. The van der Waals surface area contributed by atoms with E-state index in [0.29, 0.717) is 6.42 Å². The second-order valence-corrected chi connectivity index (χ2v) is 4.84. The van der Waals surface area contributed by atoms with Crippen LogP contribution in [0.15, 0.2) is 28.7 Å². The Kier molecular flexibility index (Phi) is 4.62. The van der Waals surface area contributed by atoms with E-state index in [9.17, 15) is 4.79 Å². The van der Waals surface area contributed by atoms with Crippen molar-refractivity contribution in [1.82, 2.24) is 0 Å². The molecule has 0 aliphatic rings. The van der Waals surface area contributed by atoms with Crippen LogP contribution in [-0.2, 0) is 16.0 Å². The van der Waals surface area contributed by atoms with Crippen molar-refractivity contribution < 1.29 is 9.53 Å². The van der Waals surface area contributed by atoms with Gasteiger partial charge in [0.15, 0.2) is 0 Å². The molecule has 1 rings (SSSR count). The summed E-state index contributed by atoms with van der Waals surface area (Å²) >= 11 is 6.62. The molecule has 0 N–H and O–H groups in total. The van der Waals surface area contributed by atoms with Crippen molar-refractivity contribution in [3.8, 4) is 0 Å². The molecule has 14 heavy (non-hydrogen) atoms. The summed E-state index contributed by atoms with van der Waals surface area (Å²) < 4.78 is 5.65. The fourth-order valence-corrected chi connectivity index (χ4v) is 1.86. The summed E-state index contributed by atoms with van der Waals surface area (Å²) in [7, 11) is 1.39. The summed E-state index contributed by atoms with van der Waals surface area (Å²) in [5, 5.41) is 0. The van der Waals surface area contributed by atoms with Crippen molar-refractivity contribution in [3.63, 3.8) is 0 Å². The van der Waals surface area contributed by atoms with Crippen LogP contribution >= 0.6 is 31.9 Å². The van der Waals surface area contributed by atoms with E-state index in [1.807, 2.05) is 24.3 Å². The number of alkyl halides is 1. The van der Waals surface area contributed by atoms with Crippen LogP contribution in [0.25, 0.3) is 0 Å². The lowest BCUT2D eigenvalue weighted by Crippen LogP contribution is -2.17. The van der Waals surface area contributed by atoms with Crippen molar-refractivity contribution in [3.05, 3.63) is 34.3 Å². The van der Waals surface area contributed by atoms with E-state index < -0.39 is 0 Å². The van der Waals surface area contributed by atoms with Gasteiger partial charge in [-0.3, -0.25) is 4.79 Å². The van der Waals surface area contributed by atoms with Gasteiger partial charge in [0.2, 0.25) is 0 Å². The molecule has 4 heteroatoms. The third-order valence-corrected chi connectivity index (χ3v) is 3.01. The number of benzene rings is 1. The lowest BCUT2D eigenvalue weighted by atomic mass is 10.1. The third kappa shape index (κ3) is 3.42. The van der Waals surface area contributed by atoms with Gasteiger partial charge in [0.05, 0.1) is 7.11 Å². The lowest BCUT2D eigenvalue weighted by molar-refractivity contribution is -0.139. The fourth-order valence-electron chi connectivity index (χ4n) is 1.04. The van der Waals surface area contributed by atoms with Gasteiger partial charge in [-0.05, 0) is 24.1 Å². The summed E-state index contributed by atoms with van der Waals surface area (Å²) in [6.07, 6.45) is 0.639. The molecule has 1 aromatic carbocycles. The van der Waals surface area contributed by atoms with E-state index in [1.165, 1.54) is 7.11 Å². The number of halogens is 2. The maximum absolute atomic E-state index is 11.1. The first kappa shape index (κ1) is 11.7. The number of rotatable bonds is 3. The monoisotopic (exact) mass is 320 g/mol. The summed E-state index contributed by atoms with van der Waals surface area (Å²) in [5.41, 5.74) is 1.10. The molecule has 0 saturated carbocycles. The van der Waals surface area contributed by atoms with Gasteiger partial charge in [0, 0.05) is 4.47 Å². The summed E-state index contributed by atoms with van der Waals surface area (Å²) in [5.74, 6) is -0.243. The molecule has 76 valence electrons. The van der Waals surface area contributed by atoms with Crippen molar-refractivity contribution in [2.75, 3.05) is 7.11 Å². The normalized spacial score (nSPS) is 12.2. The van der Waals surface area contributed by atoms with Crippen LogP contribution in [0.4, 0.5) is 0 Å². The Morgan fingerprint density at radius 1 is 1.43 bits per heavy atom. The zero-order chi connectivity index (χ0) is 10.6. The van der Waals surface area contributed by atoms with Gasteiger partial charge in [-0.25, -0.2) is 0 Å². The van der Waals surface area contributed by atoms with Crippen LogP contribution in [0.5, 0.6) is 0 Å². The van der Waals surface area contributed by atoms with Crippen LogP contribution < -0.4 is 0 Å². The van der Waals surface area contributed by atoms with E-state index in [-0.39, 0.29) is 10.8 Å². The van der Waals surface area contributed by atoms with Crippen LogP contribution in [0.3, 0.4) is 0 Å². The maximum Gasteiger partial charge on any atom is 0.319 e. The van der Waals surface area contributed by atoms with E-state index in [0.717, 1.165) is 10.0 Å². The Hall–Kier alpha value is -0.350. The first-order chi connectivity index (χ1) is 6.63. The summed E-state index contributed by atoms with van der Waals surface area (Å²) in [4.78, 5) is 10.8. The number of esters is 1. The van der Waals surface area contributed by atoms with Crippen LogP contribution in [-0.4, -0.2) is 17.9 Å². The molecule has 0 fully saturated rings. The second-order valence-electron chi connectivity index (χ2n) is 2.82. The highest BCUT2D eigenvalue weighted by Crippen LogP contribution is 2.15. The van der Waals surface area contributed by atoms with Crippen molar-refractivity contribution in [1.29, 1.82) is 0 Å². The molecule has 0 heterocycles. The van der Waals surface area contributed by atoms with Crippen molar-refractivity contribution in [2.45, 2.75) is 11.2 Å². The van der Waals surface area contributed by atoms with E-state index in [1.54, 1.807) is 0 Å². The van der Waals surface area contributed by atoms with E-state index in [4.69, 9.17) is 0 Å². The Morgan fingerprint density at radius 3 is 2.50 bits per heavy atom. The number of hydrogen-bond donors (Lipinski definition) is 0. The molecular formula is C10H10Br2O2. The minimum Gasteiger partial charge on any atom is -0.468 e. The molecule has 0 spiro atoms. The topological polar surface area (TPSA) is 26.3 Å². The highest BCUT2D eigenvalue weighted by Gasteiger charge is 2.15. The van der Waals surface area contributed by atoms with Gasteiger partial charge in [-0.1, -0.05) is 44.0 Å². The molecule has 0 aromatic heterocycles. The van der Waals surface area contributed by atoms with Gasteiger partial charge in [0.25, 0.3) is 0 Å². The number of methoxy groups -OCH3 is 1. The molecule has 0 aliphatic carbocycles. The Balaban J connectivity index is 2.60. The highest BCUT2D eigenvalue weighted by atomic mass is 79.9. The molecule has 0 amide bonds. The fraction of sp³-hybridized carbons (Fsp3) is 0.300. The molecule has 0 bridgehead atoms. The Bertz CT molecular complexity index is 308. The highest BCUT2D eigenvalue weighted by molar-refractivity contribution is 9.10. The molecule has 1 aromatic rings. The third-order valence-electron chi connectivity index (χ3n) is 1.79. The zero-order valence-electron chi connectivity index (χ0n) is 7.67. The Morgan fingerprint density at radius 2 is 2.00 bits per heavy atom.